The molecule has 2 unspecified atom stereocenters. The topological polar surface area (TPSA) is 69.6 Å². The molecule has 0 saturated carbocycles. The highest BCUT2D eigenvalue weighted by molar-refractivity contribution is 5.86. The van der Waals surface area contributed by atoms with Gasteiger partial charge in [-0.2, -0.15) is 0 Å². The Kier molecular flexibility index (Phi) is 3.92. The molecule has 1 aromatic rings. The lowest BCUT2D eigenvalue weighted by atomic mass is 9.86. The maximum atomic E-state index is 12.0. The first-order chi connectivity index (χ1) is 10.1. The smallest absolute Gasteiger partial charge is 0.305 e. The molecule has 1 aromatic carbocycles. The van der Waals surface area contributed by atoms with E-state index in [1.54, 1.807) is 0 Å². The summed E-state index contributed by atoms with van der Waals surface area (Å²) in [7, 11) is 0. The lowest BCUT2D eigenvalue weighted by molar-refractivity contribution is -0.144. The third kappa shape index (κ3) is 2.93. The van der Waals surface area contributed by atoms with Gasteiger partial charge in [0.2, 0.25) is 5.91 Å². The van der Waals surface area contributed by atoms with Crippen molar-refractivity contribution in [3.63, 3.8) is 0 Å². The van der Waals surface area contributed by atoms with Crippen molar-refractivity contribution in [1.82, 2.24) is 10.2 Å². The number of aliphatic carboxylic acids is 1. The molecule has 5 heteroatoms. The van der Waals surface area contributed by atoms with Crippen molar-refractivity contribution in [1.29, 1.82) is 0 Å². The van der Waals surface area contributed by atoms with Gasteiger partial charge in [0.15, 0.2) is 0 Å². The fraction of sp³-hybridized carbons (Fsp3) is 0.500. The molecule has 21 heavy (non-hydrogen) atoms. The Bertz CT molecular complexity index is 558. The Morgan fingerprint density at radius 3 is 2.86 bits per heavy atom. The molecule has 3 rings (SSSR count). The van der Waals surface area contributed by atoms with Gasteiger partial charge >= 0.3 is 5.97 Å². The minimum absolute atomic E-state index is 0.121. The molecule has 0 spiro atoms. The molecule has 0 aromatic heterocycles. The Morgan fingerprint density at radius 2 is 2.10 bits per heavy atom. The van der Waals surface area contributed by atoms with Gasteiger partial charge in [0.1, 0.15) is 0 Å². The molecule has 0 bridgehead atoms. The molecule has 112 valence electrons. The first-order valence-corrected chi connectivity index (χ1v) is 7.47. The van der Waals surface area contributed by atoms with Crippen LogP contribution in [-0.2, 0) is 22.4 Å². The van der Waals surface area contributed by atoms with Crippen LogP contribution in [0.1, 0.15) is 24.0 Å². The number of carboxylic acids is 1. The summed E-state index contributed by atoms with van der Waals surface area (Å²) in [4.78, 5) is 25.1. The number of amides is 1. The number of aryl methyl sites for hydroxylation is 1. The van der Waals surface area contributed by atoms with Gasteiger partial charge in [-0.3, -0.25) is 14.5 Å². The molecule has 1 aliphatic heterocycles. The number of hydrogen-bond acceptors (Lipinski definition) is 3. The average molecular weight is 288 g/mol. The van der Waals surface area contributed by atoms with Crippen LogP contribution in [0.2, 0.25) is 0 Å². The third-order valence-corrected chi connectivity index (χ3v) is 4.53. The zero-order valence-electron chi connectivity index (χ0n) is 11.9. The zero-order chi connectivity index (χ0) is 14.8. The van der Waals surface area contributed by atoms with Crippen LogP contribution in [0.4, 0.5) is 0 Å². The van der Waals surface area contributed by atoms with E-state index in [-0.39, 0.29) is 18.4 Å². The van der Waals surface area contributed by atoms with Crippen molar-refractivity contribution >= 4 is 11.9 Å². The van der Waals surface area contributed by atoms with E-state index in [4.69, 9.17) is 5.11 Å². The van der Waals surface area contributed by atoms with E-state index in [9.17, 15) is 9.59 Å². The molecule has 1 aliphatic carbocycles. The lowest BCUT2D eigenvalue weighted by Gasteiger charge is -2.42. The molecule has 5 nitrogen and oxygen atoms in total. The van der Waals surface area contributed by atoms with Gasteiger partial charge in [-0.1, -0.05) is 24.3 Å². The van der Waals surface area contributed by atoms with Gasteiger partial charge in [-0.15, -0.1) is 0 Å². The number of rotatable bonds is 3. The summed E-state index contributed by atoms with van der Waals surface area (Å²) in [5, 5.41) is 11.8. The minimum Gasteiger partial charge on any atom is -0.481 e. The normalized spacial score (nSPS) is 26.0. The van der Waals surface area contributed by atoms with Gasteiger partial charge < -0.3 is 10.4 Å². The van der Waals surface area contributed by atoms with Crippen LogP contribution in [0.3, 0.4) is 0 Å². The summed E-state index contributed by atoms with van der Waals surface area (Å²) in [5.74, 6) is -1.07. The Hall–Kier alpha value is -1.88. The summed E-state index contributed by atoms with van der Waals surface area (Å²) >= 11 is 0. The molecule has 1 saturated heterocycles. The molecule has 1 heterocycles. The molecule has 2 N–H and O–H groups in total. The van der Waals surface area contributed by atoms with Gasteiger partial charge in [-0.05, 0) is 30.4 Å². The Labute approximate surface area is 123 Å². The van der Waals surface area contributed by atoms with Crippen LogP contribution in [0.15, 0.2) is 24.3 Å². The quantitative estimate of drug-likeness (QED) is 0.864. The fourth-order valence-corrected chi connectivity index (χ4v) is 3.51. The number of nitrogens with one attached hydrogen (secondary N) is 1. The summed E-state index contributed by atoms with van der Waals surface area (Å²) in [6.45, 7) is 1.34. The number of piperazine rings is 1. The third-order valence-electron chi connectivity index (χ3n) is 4.53. The van der Waals surface area contributed by atoms with E-state index in [1.165, 1.54) is 11.1 Å². The van der Waals surface area contributed by atoms with Crippen LogP contribution in [-0.4, -0.2) is 47.1 Å². The van der Waals surface area contributed by atoms with E-state index in [0.29, 0.717) is 6.54 Å². The lowest BCUT2D eigenvalue weighted by Crippen LogP contribution is -2.59. The number of carbonyl (C=O) groups is 2. The molecular weight excluding hydrogens is 268 g/mol. The number of benzene rings is 1. The SMILES string of the molecule is O=C(O)CC1C(=O)NCCN1C1CCc2ccccc2C1. The van der Waals surface area contributed by atoms with Crippen LogP contribution < -0.4 is 5.32 Å². The zero-order valence-corrected chi connectivity index (χ0v) is 11.9. The predicted molar refractivity (Wildman–Crippen MR) is 78.0 cm³/mol. The second-order valence-corrected chi connectivity index (χ2v) is 5.81. The van der Waals surface area contributed by atoms with Crippen LogP contribution >= 0.6 is 0 Å². The van der Waals surface area contributed by atoms with E-state index >= 15 is 0 Å². The van der Waals surface area contributed by atoms with Crippen molar-refractivity contribution in [2.24, 2.45) is 0 Å². The monoisotopic (exact) mass is 288 g/mol. The molecule has 2 aliphatic rings. The molecule has 1 fully saturated rings. The highest BCUT2D eigenvalue weighted by Gasteiger charge is 2.36. The standard InChI is InChI=1S/C16H20N2O3/c19-15(20)10-14-16(21)17-7-8-18(14)13-6-5-11-3-1-2-4-12(11)9-13/h1-4,13-14H,5-10H2,(H,17,21)(H,19,20). The number of fused-ring (bicyclic) bond motifs is 1. The largest absolute Gasteiger partial charge is 0.481 e. The first kappa shape index (κ1) is 14.1. The number of carbonyl (C=O) groups excluding carboxylic acids is 1. The fourth-order valence-electron chi connectivity index (χ4n) is 3.51. The van der Waals surface area contributed by atoms with Gasteiger partial charge in [-0.25, -0.2) is 0 Å². The summed E-state index contributed by atoms with van der Waals surface area (Å²) in [5.41, 5.74) is 2.71. The van der Waals surface area contributed by atoms with Gasteiger partial charge in [0, 0.05) is 19.1 Å². The second kappa shape index (κ2) is 5.85. The van der Waals surface area contributed by atoms with Gasteiger partial charge in [0.25, 0.3) is 0 Å². The maximum Gasteiger partial charge on any atom is 0.305 e. The van der Waals surface area contributed by atoms with Crippen LogP contribution in [0.25, 0.3) is 0 Å². The predicted octanol–water partition coefficient (Wildman–Crippen LogP) is 0.819. The summed E-state index contributed by atoms with van der Waals surface area (Å²) < 4.78 is 0. The van der Waals surface area contributed by atoms with Crippen molar-refractivity contribution in [3.05, 3.63) is 35.4 Å². The average Bonchev–Trinajstić information content (AvgIpc) is 2.48. The van der Waals surface area contributed by atoms with Crippen molar-refractivity contribution in [2.45, 2.75) is 37.8 Å². The number of carboxylic acid groups (broad SMARTS) is 1. The second-order valence-electron chi connectivity index (χ2n) is 5.81. The van der Waals surface area contributed by atoms with E-state index in [1.807, 2.05) is 6.07 Å². The summed E-state index contributed by atoms with van der Waals surface area (Å²) in [6, 6.07) is 8.11. The summed E-state index contributed by atoms with van der Waals surface area (Å²) in [6.07, 6.45) is 2.77. The highest BCUT2D eigenvalue weighted by atomic mass is 16.4. The highest BCUT2D eigenvalue weighted by Crippen LogP contribution is 2.27. The van der Waals surface area contributed by atoms with E-state index in [2.05, 4.69) is 28.4 Å². The van der Waals surface area contributed by atoms with Crippen LogP contribution in [0, 0.1) is 0 Å². The van der Waals surface area contributed by atoms with Crippen molar-refractivity contribution in [3.8, 4) is 0 Å². The van der Waals surface area contributed by atoms with E-state index in [0.717, 1.165) is 25.8 Å². The number of hydrogen-bond donors (Lipinski definition) is 2. The number of nitrogens with zero attached hydrogens (tertiary/aromatic N) is 1. The van der Waals surface area contributed by atoms with Crippen molar-refractivity contribution < 1.29 is 14.7 Å². The van der Waals surface area contributed by atoms with Crippen molar-refractivity contribution in [2.75, 3.05) is 13.1 Å². The molecule has 0 radical (unpaired) electrons. The molecular formula is C16H20N2O3. The van der Waals surface area contributed by atoms with Gasteiger partial charge in [0.05, 0.1) is 12.5 Å². The first-order valence-electron chi connectivity index (χ1n) is 7.47. The Morgan fingerprint density at radius 1 is 1.33 bits per heavy atom. The maximum absolute atomic E-state index is 12.0. The minimum atomic E-state index is -0.918. The Balaban J connectivity index is 1.78. The van der Waals surface area contributed by atoms with Crippen LogP contribution in [0.5, 0.6) is 0 Å². The molecule has 2 atom stereocenters. The van der Waals surface area contributed by atoms with E-state index < -0.39 is 12.0 Å². The molecule has 1 amide bonds.